The first-order chi connectivity index (χ1) is 8.88. The van der Waals surface area contributed by atoms with Crippen LogP contribution < -0.4 is 5.73 Å². The summed E-state index contributed by atoms with van der Waals surface area (Å²) < 4.78 is 37.6. The minimum Gasteiger partial charge on any atom is -0.378 e. The van der Waals surface area contributed by atoms with Crippen LogP contribution in [0.3, 0.4) is 0 Å². The molecule has 3 nitrogen and oxygen atoms in total. The van der Waals surface area contributed by atoms with Crippen LogP contribution in [-0.4, -0.2) is 16.6 Å². The Bertz CT molecular complexity index is 556. The fourth-order valence-electron chi connectivity index (χ4n) is 1.67. The van der Waals surface area contributed by atoms with Crippen molar-refractivity contribution in [2.75, 3.05) is 6.54 Å². The molecule has 2 rings (SSSR count). The maximum atomic E-state index is 12.5. The molecule has 2 aromatic rings. The van der Waals surface area contributed by atoms with Gasteiger partial charge in [-0.15, -0.1) is 11.3 Å². The van der Waals surface area contributed by atoms with E-state index in [1.54, 1.807) is 30.3 Å². The van der Waals surface area contributed by atoms with Crippen molar-refractivity contribution in [3.05, 3.63) is 52.0 Å². The molecule has 0 saturated heterocycles. The van der Waals surface area contributed by atoms with E-state index >= 15 is 0 Å². The van der Waals surface area contributed by atoms with E-state index in [9.17, 15) is 18.3 Å². The molecule has 1 heterocycles. The van der Waals surface area contributed by atoms with E-state index in [1.807, 2.05) is 0 Å². The number of nitrogens with two attached hydrogens (primary N) is 1. The summed E-state index contributed by atoms with van der Waals surface area (Å²) in [4.78, 5) is 3.38. The molecule has 0 radical (unpaired) electrons. The van der Waals surface area contributed by atoms with Gasteiger partial charge in [-0.3, -0.25) is 0 Å². The number of aromatic nitrogens is 1. The first-order valence-electron chi connectivity index (χ1n) is 5.39. The van der Waals surface area contributed by atoms with Crippen LogP contribution in [0.15, 0.2) is 36.5 Å². The monoisotopic (exact) mass is 288 g/mol. The van der Waals surface area contributed by atoms with Crippen LogP contribution in [0, 0.1) is 0 Å². The van der Waals surface area contributed by atoms with E-state index < -0.39 is 16.8 Å². The normalized spacial score (nSPS) is 15.2. The highest BCUT2D eigenvalue weighted by Gasteiger charge is 2.39. The van der Waals surface area contributed by atoms with E-state index in [1.165, 1.54) is 0 Å². The topological polar surface area (TPSA) is 59.1 Å². The number of benzene rings is 1. The Morgan fingerprint density at radius 2 is 1.84 bits per heavy atom. The first kappa shape index (κ1) is 14.0. The molecular weight excluding hydrogens is 277 g/mol. The average Bonchev–Trinajstić information content (AvgIpc) is 2.89. The molecule has 0 amide bonds. The number of aliphatic hydroxyl groups is 1. The Hall–Kier alpha value is -1.44. The third-order valence-corrected chi connectivity index (χ3v) is 3.90. The Kier molecular flexibility index (Phi) is 3.62. The van der Waals surface area contributed by atoms with E-state index in [4.69, 9.17) is 5.73 Å². The van der Waals surface area contributed by atoms with Gasteiger partial charge in [0.05, 0.1) is 4.88 Å². The largest absolute Gasteiger partial charge is 0.443 e. The van der Waals surface area contributed by atoms with Gasteiger partial charge in [-0.25, -0.2) is 4.98 Å². The van der Waals surface area contributed by atoms with Gasteiger partial charge in [0, 0.05) is 12.7 Å². The molecule has 1 aromatic carbocycles. The van der Waals surface area contributed by atoms with Gasteiger partial charge in [-0.2, -0.15) is 13.2 Å². The molecule has 0 bridgehead atoms. The number of nitrogens with zero attached hydrogens (tertiary/aromatic N) is 1. The zero-order valence-electron chi connectivity index (χ0n) is 9.69. The lowest BCUT2D eigenvalue weighted by Crippen LogP contribution is -2.35. The van der Waals surface area contributed by atoms with Crippen molar-refractivity contribution in [1.29, 1.82) is 0 Å². The molecule has 0 aliphatic rings. The molecule has 102 valence electrons. The standard InChI is InChI=1S/C12H11F3N2OS/c13-12(14,15)10-17-6-9(19-10)11(18,7-16)8-4-2-1-3-5-8/h1-6,18H,7,16H2. The number of rotatable bonds is 3. The second-order valence-electron chi connectivity index (χ2n) is 3.96. The average molecular weight is 288 g/mol. The van der Waals surface area contributed by atoms with Crippen molar-refractivity contribution >= 4 is 11.3 Å². The van der Waals surface area contributed by atoms with Gasteiger partial charge in [0.2, 0.25) is 0 Å². The van der Waals surface area contributed by atoms with Crippen molar-refractivity contribution in [3.8, 4) is 0 Å². The van der Waals surface area contributed by atoms with E-state index in [0.717, 1.165) is 6.20 Å². The van der Waals surface area contributed by atoms with Crippen LogP contribution in [0.1, 0.15) is 15.4 Å². The smallest absolute Gasteiger partial charge is 0.378 e. The molecule has 1 aromatic heterocycles. The van der Waals surface area contributed by atoms with Crippen LogP contribution in [0.2, 0.25) is 0 Å². The molecule has 7 heteroatoms. The number of thiazole rings is 1. The second-order valence-corrected chi connectivity index (χ2v) is 4.99. The quantitative estimate of drug-likeness (QED) is 0.911. The van der Waals surface area contributed by atoms with Crippen molar-refractivity contribution in [2.45, 2.75) is 11.8 Å². The number of hydrogen-bond acceptors (Lipinski definition) is 4. The molecule has 0 fully saturated rings. The van der Waals surface area contributed by atoms with Crippen LogP contribution in [0.25, 0.3) is 0 Å². The molecule has 0 aliphatic carbocycles. The van der Waals surface area contributed by atoms with Crippen molar-refractivity contribution in [1.82, 2.24) is 4.98 Å². The summed E-state index contributed by atoms with van der Waals surface area (Å²) in [6.07, 6.45) is -3.50. The fourth-order valence-corrected chi connectivity index (χ4v) is 2.58. The van der Waals surface area contributed by atoms with E-state index in [0.29, 0.717) is 16.9 Å². The molecular formula is C12H11F3N2OS. The van der Waals surface area contributed by atoms with Gasteiger partial charge in [-0.1, -0.05) is 30.3 Å². The van der Waals surface area contributed by atoms with Crippen molar-refractivity contribution in [2.24, 2.45) is 5.73 Å². The third-order valence-electron chi connectivity index (χ3n) is 2.70. The predicted molar refractivity (Wildman–Crippen MR) is 65.6 cm³/mol. The summed E-state index contributed by atoms with van der Waals surface area (Å²) in [6, 6.07) is 8.33. The van der Waals surface area contributed by atoms with Gasteiger partial charge in [0.1, 0.15) is 5.60 Å². The Morgan fingerprint density at radius 1 is 1.21 bits per heavy atom. The lowest BCUT2D eigenvalue weighted by atomic mass is 9.93. The molecule has 1 atom stereocenters. The lowest BCUT2D eigenvalue weighted by Gasteiger charge is -2.25. The third kappa shape index (κ3) is 2.63. The molecule has 19 heavy (non-hydrogen) atoms. The van der Waals surface area contributed by atoms with Crippen LogP contribution >= 0.6 is 11.3 Å². The SMILES string of the molecule is NCC(O)(c1ccccc1)c1cnc(C(F)(F)F)s1. The van der Waals surface area contributed by atoms with Gasteiger partial charge in [0.15, 0.2) is 5.01 Å². The van der Waals surface area contributed by atoms with Crippen LogP contribution in [-0.2, 0) is 11.8 Å². The Balaban J connectivity index is 2.45. The Labute approximate surface area is 111 Å². The second kappa shape index (κ2) is 4.92. The molecule has 0 aliphatic heterocycles. The zero-order chi connectivity index (χ0) is 14.1. The zero-order valence-corrected chi connectivity index (χ0v) is 10.5. The number of hydrogen-bond donors (Lipinski definition) is 2. The van der Waals surface area contributed by atoms with Gasteiger partial charge < -0.3 is 10.8 Å². The van der Waals surface area contributed by atoms with E-state index in [-0.39, 0.29) is 11.4 Å². The first-order valence-corrected chi connectivity index (χ1v) is 6.21. The van der Waals surface area contributed by atoms with E-state index in [2.05, 4.69) is 4.98 Å². The minimum absolute atomic E-state index is 0.0773. The molecule has 0 spiro atoms. The van der Waals surface area contributed by atoms with Gasteiger partial charge in [-0.05, 0) is 5.56 Å². The Morgan fingerprint density at radius 3 is 2.32 bits per heavy atom. The van der Waals surface area contributed by atoms with Gasteiger partial charge in [0.25, 0.3) is 0 Å². The highest BCUT2D eigenvalue weighted by atomic mass is 32.1. The summed E-state index contributed by atoms with van der Waals surface area (Å²) in [5, 5.41) is 9.52. The minimum atomic E-state index is -4.52. The highest BCUT2D eigenvalue weighted by Crippen LogP contribution is 2.38. The highest BCUT2D eigenvalue weighted by molar-refractivity contribution is 7.11. The summed E-state index contributed by atoms with van der Waals surface area (Å²) >= 11 is 0.400. The van der Waals surface area contributed by atoms with Crippen LogP contribution in [0.5, 0.6) is 0 Å². The molecule has 1 unspecified atom stereocenters. The number of alkyl halides is 3. The number of halogens is 3. The van der Waals surface area contributed by atoms with Crippen LogP contribution in [0.4, 0.5) is 13.2 Å². The summed E-state index contributed by atoms with van der Waals surface area (Å²) in [5.74, 6) is 0. The van der Waals surface area contributed by atoms with Gasteiger partial charge >= 0.3 is 6.18 Å². The maximum Gasteiger partial charge on any atom is 0.443 e. The maximum absolute atomic E-state index is 12.5. The predicted octanol–water partition coefficient (Wildman–Crippen LogP) is 2.36. The molecule has 3 N–H and O–H groups in total. The summed E-state index contributed by atoms with van der Waals surface area (Å²) in [6.45, 7) is -0.226. The summed E-state index contributed by atoms with van der Waals surface area (Å²) in [7, 11) is 0. The fraction of sp³-hybridized carbons (Fsp3) is 0.250. The summed E-state index contributed by atoms with van der Waals surface area (Å²) in [5.41, 5.74) is 4.33. The molecule has 0 saturated carbocycles. The van der Waals surface area contributed by atoms with Crippen molar-refractivity contribution in [3.63, 3.8) is 0 Å². The lowest BCUT2D eigenvalue weighted by molar-refractivity contribution is -0.137. The van der Waals surface area contributed by atoms with Crippen molar-refractivity contribution < 1.29 is 18.3 Å².